The number of carbonyl (C=O) groups is 1. The van der Waals surface area contributed by atoms with Gasteiger partial charge < -0.3 is 9.88 Å². The van der Waals surface area contributed by atoms with E-state index < -0.39 is 10.2 Å². The molecule has 1 saturated carbocycles. The van der Waals surface area contributed by atoms with Gasteiger partial charge in [-0.25, -0.2) is 0 Å². The normalized spacial score (nSPS) is 14.4. The van der Waals surface area contributed by atoms with Crippen molar-refractivity contribution >= 4 is 40.6 Å². The SMILES string of the molecule is O=C(Nc1ccc(Cl)c([N+](=O)[O-])c1)C(Sc1nncn1C1CC1)c1ccccc1. The van der Waals surface area contributed by atoms with E-state index in [1.807, 2.05) is 34.9 Å². The Labute approximate surface area is 175 Å². The largest absolute Gasteiger partial charge is 0.325 e. The second-order valence-corrected chi connectivity index (χ2v) is 8.05. The summed E-state index contributed by atoms with van der Waals surface area (Å²) in [6, 6.07) is 13.9. The molecule has 4 rings (SSSR count). The van der Waals surface area contributed by atoms with E-state index in [-0.39, 0.29) is 16.6 Å². The van der Waals surface area contributed by atoms with Gasteiger partial charge in [-0.1, -0.05) is 53.7 Å². The highest BCUT2D eigenvalue weighted by Crippen LogP contribution is 2.41. The summed E-state index contributed by atoms with van der Waals surface area (Å²) in [4.78, 5) is 23.6. The number of nitrogens with zero attached hydrogens (tertiary/aromatic N) is 4. The van der Waals surface area contributed by atoms with E-state index in [9.17, 15) is 14.9 Å². The Balaban J connectivity index is 1.61. The van der Waals surface area contributed by atoms with Crippen LogP contribution >= 0.6 is 23.4 Å². The van der Waals surface area contributed by atoms with Crippen LogP contribution in [0.1, 0.15) is 29.7 Å². The molecule has 1 heterocycles. The van der Waals surface area contributed by atoms with Gasteiger partial charge in [-0.15, -0.1) is 10.2 Å². The highest BCUT2D eigenvalue weighted by molar-refractivity contribution is 8.00. The average molecular weight is 430 g/mol. The Morgan fingerprint density at radius 3 is 2.72 bits per heavy atom. The average Bonchev–Trinajstić information content (AvgIpc) is 3.46. The van der Waals surface area contributed by atoms with Crippen molar-refractivity contribution in [3.8, 4) is 0 Å². The van der Waals surface area contributed by atoms with Crippen molar-refractivity contribution < 1.29 is 9.72 Å². The van der Waals surface area contributed by atoms with Crippen LogP contribution in [0.4, 0.5) is 11.4 Å². The molecule has 1 amide bonds. The molecular formula is C19H16ClN5O3S. The van der Waals surface area contributed by atoms with E-state index in [0.717, 1.165) is 18.4 Å². The number of thioether (sulfide) groups is 1. The fraction of sp³-hybridized carbons (Fsp3) is 0.211. The molecule has 3 aromatic rings. The number of benzene rings is 2. The summed E-state index contributed by atoms with van der Waals surface area (Å²) in [6.45, 7) is 0. The van der Waals surface area contributed by atoms with Crippen molar-refractivity contribution in [1.82, 2.24) is 14.8 Å². The van der Waals surface area contributed by atoms with Gasteiger partial charge in [-0.05, 0) is 30.5 Å². The smallest absolute Gasteiger partial charge is 0.289 e. The van der Waals surface area contributed by atoms with Crippen molar-refractivity contribution in [2.24, 2.45) is 0 Å². The number of halogens is 1. The molecule has 0 radical (unpaired) electrons. The molecule has 1 unspecified atom stereocenters. The van der Waals surface area contributed by atoms with Crippen LogP contribution in [-0.4, -0.2) is 25.6 Å². The summed E-state index contributed by atoms with van der Waals surface area (Å²) in [7, 11) is 0. The molecule has 0 saturated heterocycles. The third-order valence-electron chi connectivity index (χ3n) is 4.45. The summed E-state index contributed by atoms with van der Waals surface area (Å²) in [5.74, 6) is -0.317. The van der Waals surface area contributed by atoms with Crippen LogP contribution in [-0.2, 0) is 4.79 Å². The summed E-state index contributed by atoms with van der Waals surface area (Å²) in [5.41, 5.74) is 0.835. The van der Waals surface area contributed by atoms with Crippen molar-refractivity contribution in [1.29, 1.82) is 0 Å². The number of nitro benzene ring substituents is 1. The Hall–Kier alpha value is -2.91. The molecule has 1 aliphatic carbocycles. The number of carbonyl (C=O) groups excluding carboxylic acids is 1. The lowest BCUT2D eigenvalue weighted by Crippen LogP contribution is -2.19. The zero-order chi connectivity index (χ0) is 20.4. The molecule has 0 aliphatic heterocycles. The molecule has 10 heteroatoms. The van der Waals surface area contributed by atoms with Gasteiger partial charge >= 0.3 is 0 Å². The van der Waals surface area contributed by atoms with Crippen LogP contribution in [0.2, 0.25) is 5.02 Å². The van der Waals surface area contributed by atoms with E-state index in [0.29, 0.717) is 16.9 Å². The summed E-state index contributed by atoms with van der Waals surface area (Å²) < 4.78 is 1.99. The highest BCUT2D eigenvalue weighted by atomic mass is 35.5. The van der Waals surface area contributed by atoms with Gasteiger partial charge in [0.1, 0.15) is 16.6 Å². The minimum absolute atomic E-state index is 0.0134. The van der Waals surface area contributed by atoms with Gasteiger partial charge in [0, 0.05) is 17.8 Å². The quantitative estimate of drug-likeness (QED) is 0.333. The molecule has 8 nitrogen and oxygen atoms in total. The number of nitrogens with one attached hydrogen (secondary N) is 1. The number of aromatic nitrogens is 3. The first-order valence-electron chi connectivity index (χ1n) is 8.89. The van der Waals surface area contributed by atoms with Gasteiger partial charge in [0.2, 0.25) is 5.91 Å². The molecule has 1 fully saturated rings. The number of nitro groups is 1. The number of hydrogen-bond acceptors (Lipinski definition) is 6. The van der Waals surface area contributed by atoms with Gasteiger partial charge in [-0.2, -0.15) is 0 Å². The highest BCUT2D eigenvalue weighted by Gasteiger charge is 2.30. The van der Waals surface area contributed by atoms with Crippen LogP contribution in [0.25, 0.3) is 0 Å². The second kappa shape index (κ2) is 8.22. The van der Waals surface area contributed by atoms with Crippen LogP contribution < -0.4 is 5.32 Å². The standard InChI is InChI=1S/C19H16ClN5O3S/c20-15-9-6-13(10-16(15)25(27)28)22-18(26)17(12-4-2-1-3-5-12)29-19-23-21-11-24(19)14-7-8-14/h1-6,9-11,14,17H,7-8H2,(H,22,26). The Morgan fingerprint density at radius 2 is 2.03 bits per heavy atom. The van der Waals surface area contributed by atoms with E-state index in [2.05, 4.69) is 15.5 Å². The van der Waals surface area contributed by atoms with Gasteiger partial charge in [0.25, 0.3) is 5.69 Å². The molecule has 0 bridgehead atoms. The van der Waals surface area contributed by atoms with Crippen LogP contribution in [0, 0.1) is 10.1 Å². The zero-order valence-electron chi connectivity index (χ0n) is 15.1. The van der Waals surface area contributed by atoms with Crippen LogP contribution in [0.5, 0.6) is 0 Å². The predicted molar refractivity (Wildman–Crippen MR) is 110 cm³/mol. The van der Waals surface area contributed by atoms with E-state index in [1.54, 1.807) is 6.33 Å². The second-order valence-electron chi connectivity index (χ2n) is 6.57. The van der Waals surface area contributed by atoms with Crippen molar-refractivity contribution in [2.45, 2.75) is 29.3 Å². The maximum Gasteiger partial charge on any atom is 0.289 e. The molecule has 1 aliphatic rings. The zero-order valence-corrected chi connectivity index (χ0v) is 16.6. The fourth-order valence-corrected chi connectivity index (χ4v) is 4.13. The monoisotopic (exact) mass is 429 g/mol. The fourth-order valence-electron chi connectivity index (χ4n) is 2.86. The van der Waals surface area contributed by atoms with Crippen LogP contribution in [0.3, 0.4) is 0 Å². The maximum absolute atomic E-state index is 13.1. The van der Waals surface area contributed by atoms with E-state index >= 15 is 0 Å². The molecule has 2 aromatic carbocycles. The molecular weight excluding hydrogens is 414 g/mol. The summed E-state index contributed by atoms with van der Waals surface area (Å²) in [6.07, 6.45) is 3.83. The molecule has 1 aromatic heterocycles. The number of rotatable bonds is 7. The minimum Gasteiger partial charge on any atom is -0.325 e. The predicted octanol–water partition coefficient (Wildman–Crippen LogP) is 4.65. The Kier molecular flexibility index (Phi) is 5.50. The van der Waals surface area contributed by atoms with Crippen molar-refractivity contribution in [3.05, 3.63) is 75.6 Å². The maximum atomic E-state index is 13.1. The summed E-state index contributed by atoms with van der Waals surface area (Å²) in [5, 5.41) is 22.1. The topological polar surface area (TPSA) is 103 Å². The number of anilines is 1. The van der Waals surface area contributed by atoms with Gasteiger partial charge in [0.15, 0.2) is 5.16 Å². The van der Waals surface area contributed by atoms with Gasteiger partial charge in [0.05, 0.1) is 4.92 Å². The lowest BCUT2D eigenvalue weighted by atomic mass is 10.1. The molecule has 148 valence electrons. The lowest BCUT2D eigenvalue weighted by molar-refractivity contribution is -0.384. The first-order chi connectivity index (χ1) is 14.0. The third kappa shape index (κ3) is 4.41. The molecule has 0 spiro atoms. The van der Waals surface area contributed by atoms with Gasteiger partial charge in [-0.3, -0.25) is 14.9 Å². The number of amides is 1. The van der Waals surface area contributed by atoms with E-state index in [1.165, 1.54) is 30.0 Å². The molecule has 29 heavy (non-hydrogen) atoms. The van der Waals surface area contributed by atoms with Crippen LogP contribution in [0.15, 0.2) is 60.0 Å². The first-order valence-corrected chi connectivity index (χ1v) is 10.1. The Bertz CT molecular complexity index is 1060. The van der Waals surface area contributed by atoms with Crippen molar-refractivity contribution in [3.63, 3.8) is 0 Å². The summed E-state index contributed by atoms with van der Waals surface area (Å²) >= 11 is 7.16. The molecule has 1 N–H and O–H groups in total. The van der Waals surface area contributed by atoms with Crippen molar-refractivity contribution in [2.75, 3.05) is 5.32 Å². The minimum atomic E-state index is -0.604. The lowest BCUT2D eigenvalue weighted by Gasteiger charge is -2.17. The molecule has 1 atom stereocenters. The Morgan fingerprint density at radius 1 is 1.28 bits per heavy atom. The van der Waals surface area contributed by atoms with E-state index in [4.69, 9.17) is 11.6 Å². The first kappa shape index (κ1) is 19.4. The third-order valence-corrected chi connectivity index (χ3v) is 6.00. The number of hydrogen-bond donors (Lipinski definition) is 1.